The highest BCUT2D eigenvalue weighted by atomic mass is 127. The first-order chi connectivity index (χ1) is 14.5. The van der Waals surface area contributed by atoms with Gasteiger partial charge in [-0.3, -0.25) is 4.79 Å². The molecular weight excluding hydrogens is 499 g/mol. The number of methoxy groups -OCH3 is 1. The molecule has 1 heterocycles. The van der Waals surface area contributed by atoms with Crippen molar-refractivity contribution >= 4 is 40.5 Å². The summed E-state index contributed by atoms with van der Waals surface area (Å²) in [7, 11) is 1.45. The van der Waals surface area contributed by atoms with E-state index in [0.29, 0.717) is 43.2 Å². The van der Waals surface area contributed by atoms with Crippen LogP contribution in [0.4, 0.5) is 0 Å². The van der Waals surface area contributed by atoms with Crippen molar-refractivity contribution < 1.29 is 23.8 Å². The molecule has 1 amide bonds. The quantitative estimate of drug-likeness (QED) is 0.199. The Morgan fingerprint density at radius 1 is 1.17 bits per heavy atom. The second kappa shape index (κ2) is 10.2. The summed E-state index contributed by atoms with van der Waals surface area (Å²) in [6, 6.07) is 13.9. The number of hydrogen-bond donors (Lipinski definition) is 0. The summed E-state index contributed by atoms with van der Waals surface area (Å²) in [6.45, 7) is 1.82. The van der Waals surface area contributed by atoms with E-state index in [0.717, 1.165) is 3.57 Å². The molecular formula is C22H19IN2O5. The Hall–Kier alpha value is -2.90. The van der Waals surface area contributed by atoms with Gasteiger partial charge in [0.1, 0.15) is 11.6 Å². The molecule has 7 nitrogen and oxygen atoms in total. The van der Waals surface area contributed by atoms with Crippen LogP contribution < -0.4 is 9.47 Å². The number of amides is 1. The Labute approximate surface area is 188 Å². The fourth-order valence-corrected chi connectivity index (χ4v) is 3.49. The fourth-order valence-electron chi connectivity index (χ4n) is 2.89. The lowest BCUT2D eigenvalue weighted by atomic mass is 10.1. The van der Waals surface area contributed by atoms with Crippen molar-refractivity contribution in [3.05, 3.63) is 62.7 Å². The molecule has 30 heavy (non-hydrogen) atoms. The first kappa shape index (κ1) is 21.8. The van der Waals surface area contributed by atoms with Crippen molar-refractivity contribution in [3.63, 3.8) is 0 Å². The average molecular weight is 518 g/mol. The molecule has 8 heteroatoms. The molecule has 0 spiro atoms. The van der Waals surface area contributed by atoms with E-state index in [-0.39, 0.29) is 17.2 Å². The van der Waals surface area contributed by atoms with Gasteiger partial charge in [-0.15, -0.1) is 0 Å². The van der Waals surface area contributed by atoms with Gasteiger partial charge in [0.2, 0.25) is 0 Å². The Bertz CT molecular complexity index is 1020. The molecule has 0 N–H and O–H groups in total. The Balaban J connectivity index is 1.81. The van der Waals surface area contributed by atoms with Crippen LogP contribution in [0.3, 0.4) is 0 Å². The number of nitrogens with zero attached hydrogens (tertiary/aromatic N) is 2. The summed E-state index contributed by atoms with van der Waals surface area (Å²) in [4.78, 5) is 26.6. The highest BCUT2D eigenvalue weighted by Gasteiger charge is 2.21. The van der Waals surface area contributed by atoms with Gasteiger partial charge in [0.15, 0.2) is 11.5 Å². The SMILES string of the molecule is COc1cc(/C=C(\C#N)C(=O)N2CCOCC2)ccc1OC(=O)c1ccccc1I. The summed E-state index contributed by atoms with van der Waals surface area (Å²) in [5.74, 6) is -0.271. The molecule has 1 aliphatic heterocycles. The van der Waals surface area contributed by atoms with Crippen LogP contribution in [-0.2, 0) is 9.53 Å². The molecule has 2 aromatic carbocycles. The second-order valence-electron chi connectivity index (χ2n) is 6.35. The average Bonchev–Trinajstić information content (AvgIpc) is 2.78. The van der Waals surface area contributed by atoms with Crippen LogP contribution in [0.5, 0.6) is 11.5 Å². The zero-order valence-corrected chi connectivity index (χ0v) is 18.4. The van der Waals surface area contributed by atoms with Crippen molar-refractivity contribution in [2.24, 2.45) is 0 Å². The topological polar surface area (TPSA) is 88.9 Å². The molecule has 1 fully saturated rings. The van der Waals surface area contributed by atoms with Gasteiger partial charge in [-0.1, -0.05) is 18.2 Å². The molecule has 0 unspecified atom stereocenters. The van der Waals surface area contributed by atoms with Crippen LogP contribution in [-0.4, -0.2) is 50.2 Å². The number of benzene rings is 2. The Morgan fingerprint density at radius 2 is 1.90 bits per heavy atom. The van der Waals surface area contributed by atoms with Gasteiger partial charge in [0, 0.05) is 16.7 Å². The second-order valence-corrected chi connectivity index (χ2v) is 7.52. The maximum atomic E-state index is 12.6. The van der Waals surface area contributed by atoms with E-state index in [1.165, 1.54) is 13.2 Å². The number of carbonyl (C=O) groups is 2. The standard InChI is InChI=1S/C22H19IN2O5/c1-28-20-13-15(12-16(14-24)21(26)25-8-10-29-11-9-25)6-7-19(20)30-22(27)17-4-2-3-5-18(17)23/h2-7,12-13H,8-11H2,1H3/b16-12+. The molecule has 0 radical (unpaired) electrons. The van der Waals surface area contributed by atoms with Crippen LogP contribution in [0.25, 0.3) is 6.08 Å². The predicted octanol–water partition coefficient (Wildman–Crippen LogP) is 3.28. The number of carbonyl (C=O) groups excluding carboxylic acids is 2. The molecule has 0 saturated carbocycles. The smallest absolute Gasteiger partial charge is 0.344 e. The summed E-state index contributed by atoms with van der Waals surface area (Å²) in [6.07, 6.45) is 1.49. The Morgan fingerprint density at radius 3 is 2.57 bits per heavy atom. The first-order valence-electron chi connectivity index (χ1n) is 9.17. The molecule has 154 valence electrons. The van der Waals surface area contributed by atoms with Crippen molar-refractivity contribution in [2.75, 3.05) is 33.4 Å². The zero-order valence-electron chi connectivity index (χ0n) is 16.3. The van der Waals surface area contributed by atoms with Gasteiger partial charge >= 0.3 is 5.97 Å². The number of hydrogen-bond acceptors (Lipinski definition) is 6. The third-order valence-corrected chi connectivity index (χ3v) is 5.38. The summed E-state index contributed by atoms with van der Waals surface area (Å²) in [5, 5.41) is 9.44. The number of halogens is 1. The van der Waals surface area contributed by atoms with Crippen molar-refractivity contribution in [1.82, 2.24) is 4.90 Å². The van der Waals surface area contributed by atoms with Gasteiger partial charge in [0.05, 0.1) is 25.9 Å². The molecule has 3 rings (SSSR count). The molecule has 0 aromatic heterocycles. The summed E-state index contributed by atoms with van der Waals surface area (Å²) in [5.41, 5.74) is 1.05. The normalized spacial score (nSPS) is 14.0. The van der Waals surface area contributed by atoms with Crippen LogP contribution in [0.2, 0.25) is 0 Å². The highest BCUT2D eigenvalue weighted by molar-refractivity contribution is 14.1. The molecule has 0 aliphatic carbocycles. The number of nitriles is 1. The molecule has 2 aromatic rings. The van der Waals surface area contributed by atoms with Crippen LogP contribution in [0.1, 0.15) is 15.9 Å². The monoisotopic (exact) mass is 518 g/mol. The summed E-state index contributed by atoms with van der Waals surface area (Å²) >= 11 is 2.07. The first-order valence-corrected chi connectivity index (χ1v) is 10.2. The highest BCUT2D eigenvalue weighted by Crippen LogP contribution is 2.30. The van der Waals surface area contributed by atoms with Crippen molar-refractivity contribution in [1.29, 1.82) is 5.26 Å². The molecule has 1 saturated heterocycles. The molecule has 0 bridgehead atoms. The molecule has 1 aliphatic rings. The van der Waals surface area contributed by atoms with Crippen LogP contribution in [0.15, 0.2) is 48.0 Å². The van der Waals surface area contributed by atoms with Crippen LogP contribution in [0, 0.1) is 14.9 Å². The predicted molar refractivity (Wildman–Crippen MR) is 118 cm³/mol. The van der Waals surface area contributed by atoms with E-state index in [4.69, 9.17) is 14.2 Å². The lowest BCUT2D eigenvalue weighted by molar-refractivity contribution is -0.130. The maximum Gasteiger partial charge on any atom is 0.344 e. The van der Waals surface area contributed by atoms with E-state index >= 15 is 0 Å². The van der Waals surface area contributed by atoms with E-state index < -0.39 is 5.97 Å². The van der Waals surface area contributed by atoms with Gasteiger partial charge < -0.3 is 19.1 Å². The molecule has 0 atom stereocenters. The van der Waals surface area contributed by atoms with E-state index in [1.807, 2.05) is 18.2 Å². The minimum absolute atomic E-state index is 0.0162. The largest absolute Gasteiger partial charge is 0.493 e. The third-order valence-electron chi connectivity index (χ3n) is 4.44. The lowest BCUT2D eigenvalue weighted by Gasteiger charge is -2.26. The Kier molecular flexibility index (Phi) is 7.43. The number of morpholine rings is 1. The van der Waals surface area contributed by atoms with Crippen LogP contribution >= 0.6 is 22.6 Å². The van der Waals surface area contributed by atoms with Gasteiger partial charge in [-0.2, -0.15) is 5.26 Å². The van der Waals surface area contributed by atoms with E-state index in [2.05, 4.69) is 22.6 Å². The lowest BCUT2D eigenvalue weighted by Crippen LogP contribution is -2.41. The maximum absolute atomic E-state index is 12.6. The fraction of sp³-hybridized carbons (Fsp3) is 0.227. The van der Waals surface area contributed by atoms with Gasteiger partial charge in [-0.25, -0.2) is 4.79 Å². The number of rotatable bonds is 5. The van der Waals surface area contributed by atoms with E-state index in [9.17, 15) is 14.9 Å². The minimum Gasteiger partial charge on any atom is -0.493 e. The van der Waals surface area contributed by atoms with Crippen molar-refractivity contribution in [3.8, 4) is 17.6 Å². The van der Waals surface area contributed by atoms with Gasteiger partial charge in [0.25, 0.3) is 5.91 Å². The van der Waals surface area contributed by atoms with Crippen molar-refractivity contribution in [2.45, 2.75) is 0 Å². The summed E-state index contributed by atoms with van der Waals surface area (Å²) < 4.78 is 16.8. The van der Waals surface area contributed by atoms with Gasteiger partial charge in [-0.05, 0) is 58.5 Å². The number of ether oxygens (including phenoxy) is 3. The zero-order chi connectivity index (χ0) is 21.5. The third kappa shape index (κ3) is 5.17. The number of esters is 1. The minimum atomic E-state index is -0.498. The van der Waals surface area contributed by atoms with E-state index in [1.54, 1.807) is 35.2 Å².